The molecular weight excluding hydrogens is 701 g/mol. The monoisotopic (exact) mass is 748 g/mol. The van der Waals surface area contributed by atoms with Gasteiger partial charge in [0, 0.05) is 24.7 Å². The summed E-state index contributed by atoms with van der Waals surface area (Å²) in [5.74, 6) is -2.24. The summed E-state index contributed by atoms with van der Waals surface area (Å²) in [6, 6.07) is 16.5. The molecule has 1 aliphatic rings. The molecule has 0 spiro atoms. The SMILES string of the molecule is COC(C)(C)c1ccc(-c2nc(C)c(C(=O)N[C@@H](CCN)C(=O)Nc3c(C)cc4cc3-c3cccc(c3)CC(=O)NCC(=O)NC(C(N)=O)C4)c(C)n2)cc1. The maximum atomic E-state index is 14.0. The largest absolute Gasteiger partial charge is 0.374 e. The Bertz CT molecular complexity index is 2110. The van der Waals surface area contributed by atoms with Crippen LogP contribution in [0.4, 0.5) is 5.69 Å². The number of methoxy groups -OCH3 is 1. The predicted octanol–water partition coefficient (Wildman–Crippen LogP) is 2.89. The van der Waals surface area contributed by atoms with Crippen LogP contribution in [-0.2, 0) is 42.4 Å². The molecule has 0 aliphatic carbocycles. The minimum atomic E-state index is -1.05. The number of nitrogens with one attached hydrogen (secondary N) is 4. The number of carbonyl (C=O) groups is 5. The number of ether oxygens (including phenoxy) is 1. The molecule has 4 aromatic rings. The molecule has 3 aromatic carbocycles. The maximum absolute atomic E-state index is 14.0. The summed E-state index contributed by atoms with van der Waals surface area (Å²) in [6.45, 7) is 9.00. The topological polar surface area (TPSA) is 221 Å². The highest BCUT2D eigenvalue weighted by atomic mass is 16.5. The molecule has 55 heavy (non-hydrogen) atoms. The minimum absolute atomic E-state index is 0.00607. The van der Waals surface area contributed by atoms with Crippen molar-refractivity contribution >= 4 is 35.2 Å². The van der Waals surface area contributed by atoms with Crippen molar-refractivity contribution in [1.82, 2.24) is 25.9 Å². The van der Waals surface area contributed by atoms with E-state index in [4.69, 9.17) is 16.2 Å². The van der Waals surface area contributed by atoms with Crippen LogP contribution in [0.15, 0.2) is 60.7 Å². The first-order chi connectivity index (χ1) is 26.1. The van der Waals surface area contributed by atoms with Gasteiger partial charge in [0.25, 0.3) is 5.91 Å². The predicted molar refractivity (Wildman–Crippen MR) is 209 cm³/mol. The van der Waals surface area contributed by atoms with Gasteiger partial charge in [-0.25, -0.2) is 9.97 Å². The molecule has 14 heteroatoms. The first-order valence-corrected chi connectivity index (χ1v) is 18.0. The zero-order valence-electron chi connectivity index (χ0n) is 32.0. The number of primary amides is 1. The molecular formula is C41H48N8O6. The van der Waals surface area contributed by atoms with Gasteiger partial charge in [-0.2, -0.15) is 0 Å². The lowest BCUT2D eigenvalue weighted by molar-refractivity contribution is -0.128. The molecule has 5 rings (SSSR count). The number of nitrogens with two attached hydrogens (primary N) is 2. The van der Waals surface area contributed by atoms with Crippen LogP contribution in [0.5, 0.6) is 0 Å². The van der Waals surface area contributed by atoms with Gasteiger partial charge in [-0.3, -0.25) is 24.0 Å². The summed E-state index contributed by atoms with van der Waals surface area (Å²) in [4.78, 5) is 74.7. The zero-order chi connectivity index (χ0) is 40.0. The van der Waals surface area contributed by atoms with E-state index in [1.165, 1.54) is 0 Å². The quantitative estimate of drug-likeness (QED) is 0.140. The summed E-state index contributed by atoms with van der Waals surface area (Å²) in [5.41, 5.74) is 17.8. The average Bonchev–Trinajstić information content (AvgIpc) is 3.14. The number of rotatable bonds is 10. The van der Waals surface area contributed by atoms with Crippen LogP contribution in [0.3, 0.4) is 0 Å². The molecule has 1 aromatic heterocycles. The number of anilines is 1. The Morgan fingerprint density at radius 3 is 2.27 bits per heavy atom. The lowest BCUT2D eigenvalue weighted by atomic mass is 9.93. The Morgan fingerprint density at radius 1 is 0.945 bits per heavy atom. The lowest BCUT2D eigenvalue weighted by Gasteiger charge is -2.23. The summed E-state index contributed by atoms with van der Waals surface area (Å²) in [7, 11) is 1.66. The molecule has 8 N–H and O–H groups in total. The Labute approximate surface area is 320 Å². The number of aryl methyl sites for hydroxylation is 3. The van der Waals surface area contributed by atoms with Crippen molar-refractivity contribution < 1.29 is 28.7 Å². The molecule has 0 saturated heterocycles. The highest BCUT2D eigenvalue weighted by Crippen LogP contribution is 2.34. The molecule has 14 nitrogen and oxygen atoms in total. The standard InChI is InChI=1S/C41H48N8O6/c1-22-16-26-18-30(28-9-7-8-25(17-28)20-33(50)44-21-34(51)47-32(19-26)37(43)52)36(22)49-39(53)31(14-15-42)48-40(54)35-23(2)45-38(46-24(35)3)27-10-12-29(13-11-27)41(4,5)55-6/h7-13,16-18,31-32H,14-15,19-21,42H2,1-6H3,(H2,43,52)(H,44,50)(H,47,51)(H,48,54)(H,49,53)/t31-,32?/m0/s1. The number of fused-ring (bicyclic) bond motifs is 5. The van der Waals surface area contributed by atoms with Crippen LogP contribution >= 0.6 is 0 Å². The van der Waals surface area contributed by atoms with Gasteiger partial charge in [-0.05, 0) is 81.5 Å². The third-order valence-electron chi connectivity index (χ3n) is 9.73. The third kappa shape index (κ3) is 9.58. The number of amides is 5. The number of aromatic nitrogens is 2. The summed E-state index contributed by atoms with van der Waals surface area (Å²) in [5, 5.41) is 11.0. The van der Waals surface area contributed by atoms with Gasteiger partial charge in [0.1, 0.15) is 12.1 Å². The second-order valence-corrected chi connectivity index (χ2v) is 14.2. The summed E-state index contributed by atoms with van der Waals surface area (Å²) < 4.78 is 5.58. The molecule has 2 heterocycles. The van der Waals surface area contributed by atoms with Crippen LogP contribution in [0, 0.1) is 20.8 Å². The fourth-order valence-corrected chi connectivity index (χ4v) is 6.54. The van der Waals surface area contributed by atoms with E-state index in [-0.39, 0.29) is 43.8 Å². The molecule has 2 atom stereocenters. The second-order valence-electron chi connectivity index (χ2n) is 14.2. The number of nitrogens with zero attached hydrogens (tertiary/aromatic N) is 2. The van der Waals surface area contributed by atoms with E-state index in [1.807, 2.05) is 56.3 Å². The van der Waals surface area contributed by atoms with Gasteiger partial charge in [0.15, 0.2) is 5.82 Å². The number of hydrogen-bond acceptors (Lipinski definition) is 9. The van der Waals surface area contributed by atoms with Gasteiger partial charge in [-0.1, -0.05) is 54.6 Å². The molecule has 4 bridgehead atoms. The fraction of sp³-hybridized carbons (Fsp3) is 0.341. The minimum Gasteiger partial charge on any atom is -0.374 e. The van der Waals surface area contributed by atoms with E-state index < -0.39 is 41.3 Å². The summed E-state index contributed by atoms with van der Waals surface area (Å²) >= 11 is 0. The smallest absolute Gasteiger partial charge is 0.255 e. The highest BCUT2D eigenvalue weighted by Gasteiger charge is 2.27. The van der Waals surface area contributed by atoms with E-state index in [9.17, 15) is 24.0 Å². The third-order valence-corrected chi connectivity index (χ3v) is 9.73. The van der Waals surface area contributed by atoms with Gasteiger partial charge >= 0.3 is 0 Å². The number of hydrogen-bond donors (Lipinski definition) is 6. The van der Waals surface area contributed by atoms with E-state index in [0.29, 0.717) is 50.7 Å². The van der Waals surface area contributed by atoms with Crippen molar-refractivity contribution in [3.05, 3.63) is 99.9 Å². The van der Waals surface area contributed by atoms with Crippen molar-refractivity contribution in [1.29, 1.82) is 0 Å². The fourth-order valence-electron chi connectivity index (χ4n) is 6.54. The van der Waals surface area contributed by atoms with Crippen LogP contribution < -0.4 is 32.7 Å². The zero-order valence-corrected chi connectivity index (χ0v) is 32.0. The highest BCUT2D eigenvalue weighted by molar-refractivity contribution is 6.04. The van der Waals surface area contributed by atoms with Gasteiger partial charge in [0.05, 0.1) is 41.2 Å². The van der Waals surface area contributed by atoms with Crippen molar-refractivity contribution in [2.75, 3.05) is 25.5 Å². The molecule has 0 radical (unpaired) electrons. The molecule has 1 aliphatic heterocycles. The van der Waals surface area contributed by atoms with Crippen molar-refractivity contribution in [3.63, 3.8) is 0 Å². The van der Waals surface area contributed by atoms with E-state index in [0.717, 1.165) is 11.1 Å². The molecule has 288 valence electrons. The molecule has 5 amide bonds. The first kappa shape index (κ1) is 40.2. The number of benzene rings is 3. The lowest BCUT2D eigenvalue weighted by Crippen LogP contribution is -2.49. The average molecular weight is 749 g/mol. The van der Waals surface area contributed by atoms with Gasteiger partial charge in [-0.15, -0.1) is 0 Å². The van der Waals surface area contributed by atoms with E-state index in [2.05, 4.69) is 31.2 Å². The van der Waals surface area contributed by atoms with Gasteiger partial charge < -0.3 is 37.5 Å². The van der Waals surface area contributed by atoms with Gasteiger partial charge in [0.2, 0.25) is 23.6 Å². The Hall–Kier alpha value is -5.99. The Morgan fingerprint density at radius 2 is 1.64 bits per heavy atom. The van der Waals surface area contributed by atoms with Crippen molar-refractivity contribution in [2.24, 2.45) is 11.5 Å². The van der Waals surface area contributed by atoms with Crippen LogP contribution in [0.25, 0.3) is 22.5 Å². The van der Waals surface area contributed by atoms with Crippen molar-refractivity contribution in [3.8, 4) is 22.5 Å². The van der Waals surface area contributed by atoms with E-state index >= 15 is 0 Å². The first-order valence-electron chi connectivity index (χ1n) is 18.0. The van der Waals surface area contributed by atoms with Crippen LogP contribution in [0.2, 0.25) is 0 Å². The molecule has 0 saturated carbocycles. The number of carbonyl (C=O) groups excluding carboxylic acids is 5. The van der Waals surface area contributed by atoms with E-state index in [1.54, 1.807) is 46.1 Å². The van der Waals surface area contributed by atoms with Crippen LogP contribution in [-0.4, -0.2) is 71.8 Å². The Balaban J connectivity index is 1.44. The summed E-state index contributed by atoms with van der Waals surface area (Å²) in [6.07, 6.45) is 0.198. The second kappa shape index (κ2) is 17.0. The Kier molecular flexibility index (Phi) is 12.4. The van der Waals surface area contributed by atoms with Crippen molar-refractivity contribution in [2.45, 2.75) is 71.6 Å². The maximum Gasteiger partial charge on any atom is 0.255 e. The van der Waals surface area contributed by atoms with Crippen LogP contribution in [0.1, 0.15) is 64.3 Å². The molecule has 0 fully saturated rings. The normalized spacial score (nSPS) is 15.2. The molecule has 1 unspecified atom stereocenters.